The summed E-state index contributed by atoms with van der Waals surface area (Å²) in [7, 11) is 0. The molecular formula is C19H22O. The number of aryl methyl sites for hydroxylation is 1. The van der Waals surface area contributed by atoms with E-state index in [-0.39, 0.29) is 6.10 Å². The highest BCUT2D eigenvalue weighted by Gasteiger charge is 2.10. The number of hydrogen-bond donors (Lipinski definition) is 0. The van der Waals surface area contributed by atoms with E-state index in [0.717, 1.165) is 12.8 Å². The molecule has 104 valence electrons. The lowest BCUT2D eigenvalue weighted by Crippen LogP contribution is -2.16. The second-order valence-electron chi connectivity index (χ2n) is 5.07. The molecule has 1 atom stereocenters. The van der Waals surface area contributed by atoms with Crippen LogP contribution in [0.15, 0.2) is 67.3 Å². The van der Waals surface area contributed by atoms with Gasteiger partial charge in [0.1, 0.15) is 0 Å². The van der Waals surface area contributed by atoms with Crippen LogP contribution < -0.4 is 0 Å². The van der Waals surface area contributed by atoms with Crippen LogP contribution >= 0.6 is 0 Å². The summed E-state index contributed by atoms with van der Waals surface area (Å²) >= 11 is 0. The van der Waals surface area contributed by atoms with Gasteiger partial charge in [0.15, 0.2) is 0 Å². The van der Waals surface area contributed by atoms with Crippen LogP contribution in [0.25, 0.3) is 0 Å². The van der Waals surface area contributed by atoms with Gasteiger partial charge in [0, 0.05) is 0 Å². The molecule has 0 radical (unpaired) electrons. The SMILES string of the molecule is C=CCC(Cc1ccccc1C)OCc1ccccc1. The fourth-order valence-corrected chi connectivity index (χ4v) is 2.27. The van der Waals surface area contributed by atoms with Gasteiger partial charge in [-0.1, -0.05) is 60.7 Å². The maximum atomic E-state index is 6.06. The van der Waals surface area contributed by atoms with Crippen molar-refractivity contribution in [3.8, 4) is 0 Å². The normalized spacial score (nSPS) is 12.1. The quantitative estimate of drug-likeness (QED) is 0.660. The Morgan fingerprint density at radius 2 is 1.75 bits per heavy atom. The Morgan fingerprint density at radius 1 is 1.05 bits per heavy atom. The van der Waals surface area contributed by atoms with E-state index in [0.29, 0.717) is 6.61 Å². The van der Waals surface area contributed by atoms with Gasteiger partial charge >= 0.3 is 0 Å². The van der Waals surface area contributed by atoms with Gasteiger partial charge in [-0.2, -0.15) is 0 Å². The molecule has 0 aliphatic rings. The Bertz CT molecular complexity index is 530. The van der Waals surface area contributed by atoms with Crippen LogP contribution in [-0.2, 0) is 17.8 Å². The van der Waals surface area contributed by atoms with Gasteiger partial charge in [0.05, 0.1) is 12.7 Å². The van der Waals surface area contributed by atoms with Gasteiger partial charge in [-0.05, 0) is 36.5 Å². The Labute approximate surface area is 121 Å². The second kappa shape index (κ2) is 7.66. The summed E-state index contributed by atoms with van der Waals surface area (Å²) < 4.78 is 6.06. The third-order valence-electron chi connectivity index (χ3n) is 3.47. The zero-order valence-electron chi connectivity index (χ0n) is 12.1. The Morgan fingerprint density at radius 3 is 2.45 bits per heavy atom. The Hall–Kier alpha value is -1.86. The summed E-state index contributed by atoms with van der Waals surface area (Å²) in [5, 5.41) is 0. The molecule has 2 aromatic rings. The highest BCUT2D eigenvalue weighted by atomic mass is 16.5. The first-order valence-electron chi connectivity index (χ1n) is 7.10. The summed E-state index contributed by atoms with van der Waals surface area (Å²) in [5.74, 6) is 0. The van der Waals surface area contributed by atoms with Gasteiger partial charge in [0.25, 0.3) is 0 Å². The van der Waals surface area contributed by atoms with Crippen molar-refractivity contribution < 1.29 is 4.74 Å². The fraction of sp³-hybridized carbons (Fsp3) is 0.263. The predicted molar refractivity (Wildman–Crippen MR) is 84.7 cm³/mol. The molecule has 0 saturated heterocycles. The molecule has 0 aromatic heterocycles. The standard InChI is InChI=1S/C19H22O/c1-3-9-19(14-18-13-8-7-10-16(18)2)20-15-17-11-5-4-6-12-17/h3-8,10-13,19H,1,9,14-15H2,2H3. The minimum absolute atomic E-state index is 0.189. The molecule has 20 heavy (non-hydrogen) atoms. The summed E-state index contributed by atoms with van der Waals surface area (Å²) in [6, 6.07) is 18.8. The van der Waals surface area contributed by atoms with E-state index in [1.807, 2.05) is 24.3 Å². The number of hydrogen-bond acceptors (Lipinski definition) is 1. The van der Waals surface area contributed by atoms with Gasteiger partial charge in [-0.25, -0.2) is 0 Å². The molecule has 1 unspecified atom stereocenters. The molecule has 1 heteroatoms. The van der Waals surface area contributed by atoms with Crippen molar-refractivity contribution in [2.75, 3.05) is 0 Å². The third kappa shape index (κ3) is 4.36. The monoisotopic (exact) mass is 266 g/mol. The summed E-state index contributed by atoms with van der Waals surface area (Å²) in [5.41, 5.74) is 3.89. The Balaban J connectivity index is 1.97. The highest BCUT2D eigenvalue weighted by Crippen LogP contribution is 2.15. The minimum atomic E-state index is 0.189. The average molecular weight is 266 g/mol. The molecular weight excluding hydrogens is 244 g/mol. The molecule has 0 amide bonds. The van der Waals surface area contributed by atoms with E-state index in [4.69, 9.17) is 4.74 Å². The van der Waals surface area contributed by atoms with E-state index < -0.39 is 0 Å². The lowest BCUT2D eigenvalue weighted by molar-refractivity contribution is 0.0429. The van der Waals surface area contributed by atoms with Crippen LogP contribution in [0.2, 0.25) is 0 Å². The van der Waals surface area contributed by atoms with Crippen LogP contribution in [0.4, 0.5) is 0 Å². The summed E-state index contributed by atoms with van der Waals surface area (Å²) in [6.07, 6.45) is 3.94. The van der Waals surface area contributed by atoms with E-state index in [2.05, 4.69) is 49.9 Å². The van der Waals surface area contributed by atoms with Crippen LogP contribution in [0.3, 0.4) is 0 Å². The first-order valence-corrected chi connectivity index (χ1v) is 7.10. The smallest absolute Gasteiger partial charge is 0.0720 e. The predicted octanol–water partition coefficient (Wildman–Crippen LogP) is 4.70. The molecule has 0 aliphatic carbocycles. The molecule has 0 spiro atoms. The van der Waals surface area contributed by atoms with Gasteiger partial charge < -0.3 is 4.74 Å². The lowest BCUT2D eigenvalue weighted by atomic mass is 10.0. The van der Waals surface area contributed by atoms with E-state index in [1.165, 1.54) is 16.7 Å². The van der Waals surface area contributed by atoms with Gasteiger partial charge in [0.2, 0.25) is 0 Å². The molecule has 0 aliphatic heterocycles. The first-order chi connectivity index (χ1) is 9.79. The zero-order valence-corrected chi connectivity index (χ0v) is 12.1. The molecule has 0 fully saturated rings. The average Bonchev–Trinajstić information content (AvgIpc) is 2.48. The number of ether oxygens (including phenoxy) is 1. The fourth-order valence-electron chi connectivity index (χ4n) is 2.27. The van der Waals surface area contributed by atoms with Crippen LogP contribution in [0.1, 0.15) is 23.1 Å². The van der Waals surface area contributed by atoms with Crippen molar-refractivity contribution in [2.24, 2.45) is 0 Å². The third-order valence-corrected chi connectivity index (χ3v) is 3.47. The van der Waals surface area contributed by atoms with Crippen molar-refractivity contribution in [1.82, 2.24) is 0 Å². The van der Waals surface area contributed by atoms with Crippen molar-refractivity contribution in [3.05, 3.63) is 83.9 Å². The molecule has 0 N–H and O–H groups in total. The summed E-state index contributed by atoms with van der Waals surface area (Å²) in [4.78, 5) is 0. The van der Waals surface area contributed by atoms with Crippen molar-refractivity contribution in [1.29, 1.82) is 0 Å². The first kappa shape index (κ1) is 14.5. The van der Waals surface area contributed by atoms with Crippen LogP contribution in [0.5, 0.6) is 0 Å². The number of rotatable bonds is 7. The molecule has 2 aromatic carbocycles. The van der Waals surface area contributed by atoms with Gasteiger partial charge in [-0.15, -0.1) is 6.58 Å². The van der Waals surface area contributed by atoms with E-state index in [1.54, 1.807) is 0 Å². The number of benzene rings is 2. The van der Waals surface area contributed by atoms with Crippen LogP contribution in [-0.4, -0.2) is 6.10 Å². The topological polar surface area (TPSA) is 9.23 Å². The van der Waals surface area contributed by atoms with Crippen molar-refractivity contribution >= 4 is 0 Å². The molecule has 0 bridgehead atoms. The molecule has 0 saturated carbocycles. The van der Waals surface area contributed by atoms with Crippen molar-refractivity contribution in [2.45, 2.75) is 32.5 Å². The highest BCUT2D eigenvalue weighted by molar-refractivity contribution is 5.26. The zero-order chi connectivity index (χ0) is 14.2. The Kier molecular flexibility index (Phi) is 5.57. The second-order valence-corrected chi connectivity index (χ2v) is 5.07. The van der Waals surface area contributed by atoms with Crippen LogP contribution in [0, 0.1) is 6.92 Å². The minimum Gasteiger partial charge on any atom is -0.373 e. The molecule has 1 nitrogen and oxygen atoms in total. The largest absolute Gasteiger partial charge is 0.373 e. The van der Waals surface area contributed by atoms with E-state index in [9.17, 15) is 0 Å². The maximum Gasteiger partial charge on any atom is 0.0720 e. The molecule has 0 heterocycles. The lowest BCUT2D eigenvalue weighted by Gasteiger charge is -2.18. The summed E-state index contributed by atoms with van der Waals surface area (Å²) in [6.45, 7) is 6.65. The van der Waals surface area contributed by atoms with Crippen molar-refractivity contribution in [3.63, 3.8) is 0 Å². The molecule has 2 rings (SSSR count). The van der Waals surface area contributed by atoms with E-state index >= 15 is 0 Å². The van der Waals surface area contributed by atoms with Gasteiger partial charge in [-0.3, -0.25) is 0 Å². The maximum absolute atomic E-state index is 6.06.